The normalized spacial score (nSPS) is 9.94. The molecule has 0 amide bonds. The lowest BCUT2D eigenvalue weighted by molar-refractivity contribution is 0.295. The molecule has 0 aliphatic carbocycles. The fourth-order valence-corrected chi connectivity index (χ4v) is 1.50. The van der Waals surface area contributed by atoms with Crippen molar-refractivity contribution in [2.45, 2.75) is 13.5 Å². The second kappa shape index (κ2) is 4.71. The van der Waals surface area contributed by atoms with Gasteiger partial charge in [0.05, 0.1) is 29.9 Å². The van der Waals surface area contributed by atoms with Crippen LogP contribution in [0.5, 0.6) is 5.75 Å². The monoisotopic (exact) mass is 227 g/mol. The molecule has 1 heterocycles. The zero-order valence-electron chi connectivity index (χ0n) is 9.84. The van der Waals surface area contributed by atoms with E-state index in [-0.39, 0.29) is 0 Å². The summed E-state index contributed by atoms with van der Waals surface area (Å²) in [4.78, 5) is 4.02. The van der Waals surface area contributed by atoms with Crippen LogP contribution in [-0.2, 0) is 13.7 Å². The van der Waals surface area contributed by atoms with Gasteiger partial charge in [0.2, 0.25) is 0 Å². The Kier molecular flexibility index (Phi) is 3.10. The Morgan fingerprint density at radius 1 is 1.47 bits per heavy atom. The van der Waals surface area contributed by atoms with E-state index in [1.54, 1.807) is 24.7 Å². The van der Waals surface area contributed by atoms with Gasteiger partial charge < -0.3 is 9.30 Å². The topological polar surface area (TPSA) is 50.8 Å². The maximum absolute atomic E-state index is 8.83. The van der Waals surface area contributed by atoms with Crippen molar-refractivity contribution < 1.29 is 4.74 Å². The average Bonchev–Trinajstić information content (AvgIpc) is 2.74. The summed E-state index contributed by atoms with van der Waals surface area (Å²) in [5.41, 5.74) is 2.62. The van der Waals surface area contributed by atoms with E-state index >= 15 is 0 Å². The van der Waals surface area contributed by atoms with Gasteiger partial charge in [0.15, 0.2) is 0 Å². The summed E-state index contributed by atoms with van der Waals surface area (Å²) < 4.78 is 7.60. The Morgan fingerprint density at radius 3 is 2.94 bits per heavy atom. The number of rotatable bonds is 3. The van der Waals surface area contributed by atoms with Gasteiger partial charge in [-0.3, -0.25) is 0 Å². The molecule has 2 rings (SSSR count). The van der Waals surface area contributed by atoms with Gasteiger partial charge in [-0.25, -0.2) is 4.98 Å². The van der Waals surface area contributed by atoms with Crippen LogP contribution in [0.25, 0.3) is 0 Å². The van der Waals surface area contributed by atoms with E-state index in [1.165, 1.54) is 0 Å². The van der Waals surface area contributed by atoms with Crippen LogP contribution in [-0.4, -0.2) is 9.55 Å². The molecule has 0 unspecified atom stereocenters. The first-order chi connectivity index (χ1) is 8.20. The van der Waals surface area contributed by atoms with Crippen molar-refractivity contribution in [3.05, 3.63) is 47.5 Å². The van der Waals surface area contributed by atoms with Crippen LogP contribution >= 0.6 is 0 Å². The fourth-order valence-electron chi connectivity index (χ4n) is 1.50. The first kappa shape index (κ1) is 11.2. The van der Waals surface area contributed by atoms with Gasteiger partial charge >= 0.3 is 0 Å². The van der Waals surface area contributed by atoms with Crippen molar-refractivity contribution >= 4 is 0 Å². The Labute approximate surface area is 100 Å². The lowest BCUT2D eigenvalue weighted by Gasteiger charge is -2.09. The van der Waals surface area contributed by atoms with E-state index in [0.29, 0.717) is 12.2 Å². The molecule has 17 heavy (non-hydrogen) atoms. The first-order valence-corrected chi connectivity index (χ1v) is 5.29. The van der Waals surface area contributed by atoms with Crippen LogP contribution in [0, 0.1) is 18.3 Å². The van der Waals surface area contributed by atoms with Gasteiger partial charge in [0.25, 0.3) is 0 Å². The molecule has 1 aromatic heterocycles. The molecule has 0 spiro atoms. The summed E-state index contributed by atoms with van der Waals surface area (Å²) in [6.45, 7) is 2.41. The van der Waals surface area contributed by atoms with E-state index in [4.69, 9.17) is 10.00 Å². The lowest BCUT2D eigenvalue weighted by atomic mass is 10.1. The first-order valence-electron chi connectivity index (χ1n) is 5.29. The molecule has 0 radical (unpaired) electrons. The smallest absolute Gasteiger partial charge is 0.130 e. The van der Waals surface area contributed by atoms with Crippen molar-refractivity contribution in [2.75, 3.05) is 0 Å². The van der Waals surface area contributed by atoms with E-state index in [9.17, 15) is 0 Å². The number of ether oxygens (including phenoxy) is 1. The third-order valence-electron chi connectivity index (χ3n) is 2.61. The molecule has 0 saturated carbocycles. The summed E-state index contributed by atoms with van der Waals surface area (Å²) in [6.07, 6.45) is 3.50. The fraction of sp³-hybridized carbons (Fsp3) is 0.231. The molecule has 0 saturated heterocycles. The van der Waals surface area contributed by atoms with Gasteiger partial charge in [0, 0.05) is 7.05 Å². The SMILES string of the molecule is Cc1ccc(C#N)cc1OCc1cncn1C. The molecule has 4 nitrogen and oxygen atoms in total. The number of aryl methyl sites for hydroxylation is 2. The predicted octanol–water partition coefficient (Wildman–Crippen LogP) is 2.18. The minimum absolute atomic E-state index is 0.451. The molecular formula is C13H13N3O. The maximum atomic E-state index is 8.83. The predicted molar refractivity (Wildman–Crippen MR) is 63.4 cm³/mol. The average molecular weight is 227 g/mol. The quantitative estimate of drug-likeness (QED) is 0.807. The molecular weight excluding hydrogens is 214 g/mol. The maximum Gasteiger partial charge on any atom is 0.130 e. The van der Waals surface area contributed by atoms with Crippen molar-refractivity contribution in [3.8, 4) is 11.8 Å². The van der Waals surface area contributed by atoms with Crippen LogP contribution in [0.1, 0.15) is 16.8 Å². The number of aromatic nitrogens is 2. The molecule has 2 aromatic rings. The highest BCUT2D eigenvalue weighted by atomic mass is 16.5. The third-order valence-corrected chi connectivity index (χ3v) is 2.61. The molecule has 1 aromatic carbocycles. The summed E-state index contributed by atoms with van der Waals surface area (Å²) in [5.74, 6) is 0.741. The van der Waals surface area contributed by atoms with Gasteiger partial charge in [-0.05, 0) is 24.6 Å². The van der Waals surface area contributed by atoms with E-state index in [0.717, 1.165) is 17.0 Å². The highest BCUT2D eigenvalue weighted by molar-refractivity contribution is 5.41. The van der Waals surface area contributed by atoms with Crippen LogP contribution in [0.4, 0.5) is 0 Å². The number of hydrogen-bond acceptors (Lipinski definition) is 3. The molecule has 0 fully saturated rings. The van der Waals surface area contributed by atoms with Crippen molar-refractivity contribution in [3.63, 3.8) is 0 Å². The molecule has 0 aliphatic heterocycles. The minimum Gasteiger partial charge on any atom is -0.487 e. The Morgan fingerprint density at radius 2 is 2.29 bits per heavy atom. The minimum atomic E-state index is 0.451. The highest BCUT2D eigenvalue weighted by Gasteiger charge is 2.04. The third kappa shape index (κ3) is 2.45. The van der Waals surface area contributed by atoms with Gasteiger partial charge in [-0.15, -0.1) is 0 Å². The summed E-state index contributed by atoms with van der Waals surface area (Å²) in [7, 11) is 1.92. The van der Waals surface area contributed by atoms with Crippen LogP contribution in [0.15, 0.2) is 30.7 Å². The zero-order valence-corrected chi connectivity index (χ0v) is 9.84. The van der Waals surface area contributed by atoms with Gasteiger partial charge in [0.1, 0.15) is 12.4 Å². The zero-order chi connectivity index (χ0) is 12.3. The second-order valence-electron chi connectivity index (χ2n) is 3.88. The number of hydrogen-bond donors (Lipinski definition) is 0. The number of nitriles is 1. The van der Waals surface area contributed by atoms with Crippen molar-refractivity contribution in [2.24, 2.45) is 7.05 Å². The number of imidazole rings is 1. The van der Waals surface area contributed by atoms with Crippen molar-refractivity contribution in [1.29, 1.82) is 5.26 Å². The number of benzene rings is 1. The Hall–Kier alpha value is -2.28. The van der Waals surface area contributed by atoms with E-state index in [1.807, 2.05) is 24.6 Å². The second-order valence-corrected chi connectivity index (χ2v) is 3.88. The van der Waals surface area contributed by atoms with E-state index < -0.39 is 0 Å². The standard InChI is InChI=1S/C13H13N3O/c1-10-3-4-11(6-14)5-13(10)17-8-12-7-15-9-16(12)2/h3-5,7,9H,8H2,1-2H3. The summed E-state index contributed by atoms with van der Waals surface area (Å²) >= 11 is 0. The molecule has 86 valence electrons. The van der Waals surface area contributed by atoms with E-state index in [2.05, 4.69) is 11.1 Å². The van der Waals surface area contributed by atoms with Crippen LogP contribution in [0.2, 0.25) is 0 Å². The summed E-state index contributed by atoms with van der Waals surface area (Å²) in [6, 6.07) is 7.53. The largest absolute Gasteiger partial charge is 0.487 e. The van der Waals surface area contributed by atoms with Gasteiger partial charge in [-0.1, -0.05) is 6.07 Å². The molecule has 0 atom stereocenters. The molecule has 0 aliphatic rings. The van der Waals surface area contributed by atoms with Crippen LogP contribution in [0.3, 0.4) is 0 Å². The van der Waals surface area contributed by atoms with Gasteiger partial charge in [-0.2, -0.15) is 5.26 Å². The van der Waals surface area contributed by atoms with Crippen LogP contribution < -0.4 is 4.74 Å². The van der Waals surface area contributed by atoms with Crippen molar-refractivity contribution in [1.82, 2.24) is 9.55 Å². The Balaban J connectivity index is 2.14. The lowest BCUT2D eigenvalue weighted by Crippen LogP contribution is -2.02. The highest BCUT2D eigenvalue weighted by Crippen LogP contribution is 2.20. The number of nitrogens with zero attached hydrogens (tertiary/aromatic N) is 3. The summed E-state index contributed by atoms with van der Waals surface area (Å²) in [5, 5.41) is 8.83. The molecule has 0 bridgehead atoms. The Bertz CT molecular complexity index is 566. The molecule has 0 N–H and O–H groups in total. The molecule has 4 heteroatoms.